The van der Waals surface area contributed by atoms with Crippen molar-refractivity contribution in [2.24, 2.45) is 0 Å². The third-order valence-corrected chi connectivity index (χ3v) is 2.89. The molecule has 2 rings (SSSR count). The van der Waals surface area contributed by atoms with Crippen LogP contribution in [0.2, 0.25) is 0 Å². The summed E-state index contributed by atoms with van der Waals surface area (Å²) in [4.78, 5) is 23.3. The minimum Gasteiger partial charge on any atom is -0.460 e. The van der Waals surface area contributed by atoms with Gasteiger partial charge in [0.1, 0.15) is 5.76 Å². The van der Waals surface area contributed by atoms with E-state index in [1.807, 2.05) is 24.3 Å². The highest BCUT2D eigenvalue weighted by atomic mass is 16.5. The van der Waals surface area contributed by atoms with Crippen LogP contribution in [0.4, 0.5) is 0 Å². The van der Waals surface area contributed by atoms with Gasteiger partial charge in [-0.3, -0.25) is 4.79 Å². The molecule has 20 heavy (non-hydrogen) atoms. The van der Waals surface area contributed by atoms with E-state index in [4.69, 9.17) is 9.15 Å². The van der Waals surface area contributed by atoms with Gasteiger partial charge in [0.25, 0.3) is 0 Å². The molecule has 0 aliphatic carbocycles. The van der Waals surface area contributed by atoms with Gasteiger partial charge in [0.05, 0.1) is 6.61 Å². The lowest BCUT2D eigenvalue weighted by Gasteiger charge is -2.05. The van der Waals surface area contributed by atoms with E-state index < -0.39 is 5.97 Å². The maximum absolute atomic E-state index is 11.6. The highest BCUT2D eigenvalue weighted by molar-refractivity contribution is 5.86. The normalized spacial score (nSPS) is 10.3. The summed E-state index contributed by atoms with van der Waals surface area (Å²) in [6.07, 6.45) is 0.938. The van der Waals surface area contributed by atoms with Gasteiger partial charge in [-0.1, -0.05) is 31.2 Å². The molecule has 0 unspecified atom stereocenters. The number of hydrogen-bond donors (Lipinski definition) is 0. The Morgan fingerprint density at radius 1 is 1.15 bits per heavy atom. The molecule has 0 N–H and O–H groups in total. The molecule has 4 heteroatoms. The van der Waals surface area contributed by atoms with Crippen LogP contribution in [0.15, 0.2) is 45.6 Å². The van der Waals surface area contributed by atoms with Gasteiger partial charge in [0.2, 0.25) is 5.76 Å². The van der Waals surface area contributed by atoms with Crippen molar-refractivity contribution in [1.82, 2.24) is 0 Å². The van der Waals surface area contributed by atoms with Gasteiger partial charge in [-0.25, -0.2) is 4.79 Å². The predicted molar refractivity (Wildman–Crippen MR) is 75.7 cm³/mol. The summed E-state index contributed by atoms with van der Waals surface area (Å²) in [5.74, 6) is -0.339. The Hall–Kier alpha value is -2.36. The summed E-state index contributed by atoms with van der Waals surface area (Å²) >= 11 is 0. The number of carbonyl (C=O) groups is 1. The zero-order valence-electron chi connectivity index (χ0n) is 11.5. The highest BCUT2D eigenvalue weighted by Crippen LogP contribution is 2.20. The fourth-order valence-electron chi connectivity index (χ4n) is 1.83. The molecule has 2 aromatic rings. The molecule has 0 bridgehead atoms. The van der Waals surface area contributed by atoms with Crippen molar-refractivity contribution >= 4 is 5.97 Å². The van der Waals surface area contributed by atoms with Crippen molar-refractivity contribution in [3.8, 4) is 11.3 Å². The second kappa shape index (κ2) is 6.19. The molecular formula is C16H16O4. The smallest absolute Gasteiger partial charge is 0.374 e. The Bertz CT molecular complexity index is 653. The largest absolute Gasteiger partial charge is 0.460 e. The van der Waals surface area contributed by atoms with Gasteiger partial charge in [-0.05, 0) is 18.9 Å². The molecule has 0 atom stereocenters. The number of hydrogen-bond acceptors (Lipinski definition) is 4. The maximum atomic E-state index is 11.6. The molecule has 0 aliphatic heterocycles. The van der Waals surface area contributed by atoms with Crippen LogP contribution in [0.25, 0.3) is 11.3 Å². The summed E-state index contributed by atoms with van der Waals surface area (Å²) in [6, 6.07) is 10.2. The molecule has 0 radical (unpaired) electrons. The molecule has 0 fully saturated rings. The van der Waals surface area contributed by atoms with Gasteiger partial charge >= 0.3 is 5.97 Å². The van der Waals surface area contributed by atoms with Crippen molar-refractivity contribution in [3.63, 3.8) is 0 Å². The Labute approximate surface area is 117 Å². The zero-order valence-corrected chi connectivity index (χ0v) is 11.5. The van der Waals surface area contributed by atoms with Crippen LogP contribution in [0.3, 0.4) is 0 Å². The second-order valence-electron chi connectivity index (χ2n) is 4.29. The van der Waals surface area contributed by atoms with E-state index in [1.54, 1.807) is 6.92 Å². The zero-order chi connectivity index (χ0) is 14.5. The lowest BCUT2D eigenvalue weighted by atomic mass is 10.1. The molecule has 0 spiro atoms. The van der Waals surface area contributed by atoms with E-state index in [9.17, 15) is 9.59 Å². The van der Waals surface area contributed by atoms with Gasteiger partial charge in [0.15, 0.2) is 5.43 Å². The maximum Gasteiger partial charge on any atom is 0.374 e. The number of ether oxygens (including phenoxy) is 1. The Morgan fingerprint density at radius 3 is 2.45 bits per heavy atom. The Kier molecular flexibility index (Phi) is 4.35. The SMILES string of the molecule is CCOC(=O)c1cc(=O)cc(-c2ccc(CC)cc2)o1. The van der Waals surface area contributed by atoms with E-state index in [2.05, 4.69) is 6.92 Å². The van der Waals surface area contributed by atoms with Gasteiger partial charge in [0, 0.05) is 17.7 Å². The topological polar surface area (TPSA) is 56.5 Å². The third-order valence-electron chi connectivity index (χ3n) is 2.89. The van der Waals surface area contributed by atoms with Crippen LogP contribution in [-0.4, -0.2) is 12.6 Å². The summed E-state index contributed by atoms with van der Waals surface area (Å²) in [5.41, 5.74) is 1.66. The number of aryl methyl sites for hydroxylation is 1. The number of esters is 1. The van der Waals surface area contributed by atoms with Crippen LogP contribution >= 0.6 is 0 Å². The molecule has 1 aromatic carbocycles. The van der Waals surface area contributed by atoms with Crippen LogP contribution in [-0.2, 0) is 11.2 Å². The van der Waals surface area contributed by atoms with Crippen LogP contribution in [0.5, 0.6) is 0 Å². The Balaban J connectivity index is 2.40. The predicted octanol–water partition coefficient (Wildman–Crippen LogP) is 3.05. The van der Waals surface area contributed by atoms with Crippen molar-refractivity contribution in [2.75, 3.05) is 6.61 Å². The van der Waals surface area contributed by atoms with Crippen LogP contribution in [0, 0.1) is 0 Å². The lowest BCUT2D eigenvalue weighted by Crippen LogP contribution is -2.09. The second-order valence-corrected chi connectivity index (χ2v) is 4.29. The van der Waals surface area contributed by atoms with E-state index in [1.165, 1.54) is 11.6 Å². The molecule has 104 valence electrons. The summed E-state index contributed by atoms with van der Waals surface area (Å²) in [7, 11) is 0. The monoisotopic (exact) mass is 272 g/mol. The first kappa shape index (κ1) is 14.1. The van der Waals surface area contributed by atoms with E-state index in [0.717, 1.165) is 18.1 Å². The van der Waals surface area contributed by atoms with E-state index in [0.29, 0.717) is 5.76 Å². The molecule has 0 aliphatic rings. The molecule has 1 aromatic heterocycles. The minimum atomic E-state index is -0.628. The molecule has 0 amide bonds. The fourth-order valence-corrected chi connectivity index (χ4v) is 1.83. The molecule has 4 nitrogen and oxygen atoms in total. The van der Waals surface area contributed by atoms with Crippen molar-refractivity contribution < 1.29 is 13.9 Å². The first-order valence-corrected chi connectivity index (χ1v) is 6.55. The number of rotatable bonds is 4. The highest BCUT2D eigenvalue weighted by Gasteiger charge is 2.13. The fraction of sp³-hybridized carbons (Fsp3) is 0.250. The molecular weight excluding hydrogens is 256 g/mol. The first-order valence-electron chi connectivity index (χ1n) is 6.55. The minimum absolute atomic E-state index is 0.0751. The summed E-state index contributed by atoms with van der Waals surface area (Å²) < 4.78 is 10.3. The summed E-state index contributed by atoms with van der Waals surface area (Å²) in [6.45, 7) is 4.00. The summed E-state index contributed by atoms with van der Waals surface area (Å²) in [5, 5.41) is 0. The average Bonchev–Trinajstić information content (AvgIpc) is 2.47. The van der Waals surface area contributed by atoms with E-state index >= 15 is 0 Å². The van der Waals surface area contributed by atoms with Crippen molar-refractivity contribution in [3.05, 3.63) is 57.9 Å². The van der Waals surface area contributed by atoms with Gasteiger partial charge < -0.3 is 9.15 Å². The Morgan fingerprint density at radius 2 is 1.85 bits per heavy atom. The molecule has 1 heterocycles. The van der Waals surface area contributed by atoms with E-state index in [-0.39, 0.29) is 17.8 Å². The number of carbonyl (C=O) groups excluding carboxylic acids is 1. The first-order chi connectivity index (χ1) is 9.63. The third kappa shape index (κ3) is 3.15. The molecule has 0 saturated carbocycles. The molecule has 0 saturated heterocycles. The van der Waals surface area contributed by atoms with Gasteiger partial charge in [-0.2, -0.15) is 0 Å². The van der Waals surface area contributed by atoms with Gasteiger partial charge in [-0.15, -0.1) is 0 Å². The lowest BCUT2D eigenvalue weighted by molar-refractivity contribution is 0.0488. The number of benzene rings is 1. The van der Waals surface area contributed by atoms with Crippen molar-refractivity contribution in [1.29, 1.82) is 0 Å². The average molecular weight is 272 g/mol. The standard InChI is InChI=1S/C16H16O4/c1-3-11-5-7-12(8-6-11)14-9-13(17)10-15(20-14)16(18)19-4-2/h5-10H,3-4H2,1-2H3. The van der Waals surface area contributed by atoms with Crippen LogP contribution < -0.4 is 5.43 Å². The quantitative estimate of drug-likeness (QED) is 0.803. The van der Waals surface area contributed by atoms with Crippen molar-refractivity contribution in [2.45, 2.75) is 20.3 Å². The van der Waals surface area contributed by atoms with Crippen LogP contribution in [0.1, 0.15) is 30.0 Å².